The number of nitrogens with zero attached hydrogens (tertiary/aromatic N) is 1. The van der Waals surface area contributed by atoms with Crippen LogP contribution in [0.1, 0.15) is 60.5 Å². The van der Waals surface area contributed by atoms with E-state index in [-0.39, 0.29) is 24.4 Å². The van der Waals surface area contributed by atoms with Gasteiger partial charge in [-0.1, -0.05) is 48.5 Å². The normalized spacial score (nSPS) is 16.1. The molecule has 0 aliphatic carbocycles. The average molecular weight is 598 g/mol. The van der Waals surface area contributed by atoms with Crippen LogP contribution < -0.4 is 15.4 Å². The lowest BCUT2D eigenvalue weighted by Crippen LogP contribution is -2.48. The van der Waals surface area contributed by atoms with Crippen molar-refractivity contribution in [2.24, 2.45) is 0 Å². The van der Waals surface area contributed by atoms with Gasteiger partial charge in [-0.3, -0.25) is 9.59 Å². The maximum atomic E-state index is 13.6. The molecular formula is C35H39N3O4S. The first-order valence-corrected chi connectivity index (χ1v) is 15.6. The molecule has 5 rings (SSSR count). The van der Waals surface area contributed by atoms with E-state index >= 15 is 0 Å². The van der Waals surface area contributed by atoms with Crippen molar-refractivity contribution in [1.82, 2.24) is 15.5 Å². The number of carbonyl (C=O) groups is 2. The minimum absolute atomic E-state index is 0.0641. The number of likely N-dealkylation sites (tertiary alicyclic amines) is 1. The number of methoxy groups -OCH3 is 1. The molecule has 1 fully saturated rings. The Hall–Kier alpha value is -3.98. The van der Waals surface area contributed by atoms with Gasteiger partial charge in [-0.15, -0.1) is 11.3 Å². The van der Waals surface area contributed by atoms with E-state index in [1.54, 1.807) is 42.7 Å². The van der Waals surface area contributed by atoms with Crippen LogP contribution in [0.5, 0.6) is 5.75 Å². The highest BCUT2D eigenvalue weighted by Gasteiger charge is 2.32. The molecule has 8 heteroatoms. The fourth-order valence-electron chi connectivity index (χ4n) is 5.59. The Labute approximate surface area is 257 Å². The molecule has 1 saturated heterocycles. The molecule has 1 aliphatic rings. The van der Waals surface area contributed by atoms with Crippen molar-refractivity contribution in [3.8, 4) is 5.75 Å². The van der Waals surface area contributed by atoms with Crippen molar-refractivity contribution >= 4 is 23.2 Å². The quantitative estimate of drug-likeness (QED) is 0.200. The molecule has 1 aliphatic heterocycles. The predicted octanol–water partition coefficient (Wildman–Crippen LogP) is 5.53. The second-order valence-corrected chi connectivity index (χ2v) is 12.3. The number of amides is 2. The van der Waals surface area contributed by atoms with Crippen LogP contribution in [0.15, 0.2) is 91.0 Å². The van der Waals surface area contributed by atoms with E-state index in [1.165, 1.54) is 9.75 Å². The third-order valence-electron chi connectivity index (χ3n) is 7.87. The molecule has 0 saturated carbocycles. The van der Waals surface area contributed by atoms with Gasteiger partial charge in [0.05, 0.1) is 25.3 Å². The summed E-state index contributed by atoms with van der Waals surface area (Å²) < 4.78 is 5.30. The first kappa shape index (κ1) is 30.5. The summed E-state index contributed by atoms with van der Waals surface area (Å²) in [5, 5.41) is 17.6. The summed E-state index contributed by atoms with van der Waals surface area (Å²) in [7, 11) is 1.63. The van der Waals surface area contributed by atoms with Crippen molar-refractivity contribution in [2.45, 2.75) is 50.9 Å². The Morgan fingerprint density at radius 3 is 2.51 bits per heavy atom. The monoisotopic (exact) mass is 597 g/mol. The number of aliphatic hydroxyl groups is 1. The SMILES string of the molecule is COc1cccc(CNCC(O)C(Cc2ccccc2)NC(=O)c2cccc(C(=O)N3CCCC3c3ccc(C)s3)c2)c1. The molecule has 3 unspecified atom stereocenters. The summed E-state index contributed by atoms with van der Waals surface area (Å²) in [5.41, 5.74) is 2.93. The highest BCUT2D eigenvalue weighted by molar-refractivity contribution is 7.12. The van der Waals surface area contributed by atoms with E-state index in [4.69, 9.17) is 4.74 Å². The number of carbonyl (C=O) groups excluding carboxylic acids is 2. The molecule has 0 spiro atoms. The van der Waals surface area contributed by atoms with Gasteiger partial charge in [0.2, 0.25) is 0 Å². The molecular weight excluding hydrogens is 558 g/mol. The van der Waals surface area contributed by atoms with Crippen LogP contribution in [0.25, 0.3) is 0 Å². The Bertz CT molecular complexity index is 1520. The molecule has 224 valence electrons. The van der Waals surface area contributed by atoms with Crippen LogP contribution in [0.2, 0.25) is 0 Å². The number of nitrogens with one attached hydrogen (secondary N) is 2. The second kappa shape index (κ2) is 14.5. The lowest BCUT2D eigenvalue weighted by atomic mass is 10.00. The van der Waals surface area contributed by atoms with E-state index in [1.807, 2.05) is 59.5 Å². The smallest absolute Gasteiger partial charge is 0.254 e. The minimum atomic E-state index is -0.848. The maximum Gasteiger partial charge on any atom is 0.254 e. The third-order valence-corrected chi connectivity index (χ3v) is 8.97. The Morgan fingerprint density at radius 1 is 0.977 bits per heavy atom. The number of aryl methyl sites for hydroxylation is 1. The average Bonchev–Trinajstić information content (AvgIpc) is 3.70. The minimum Gasteiger partial charge on any atom is -0.497 e. The molecule has 0 bridgehead atoms. The van der Waals surface area contributed by atoms with Gasteiger partial charge < -0.3 is 25.4 Å². The summed E-state index contributed by atoms with van der Waals surface area (Å²) in [5.74, 6) is 0.386. The number of thiophene rings is 1. The van der Waals surface area contributed by atoms with Crippen molar-refractivity contribution in [3.05, 3.63) is 123 Å². The lowest BCUT2D eigenvalue weighted by Gasteiger charge is -2.26. The van der Waals surface area contributed by atoms with Crippen LogP contribution in [-0.2, 0) is 13.0 Å². The number of rotatable bonds is 12. The zero-order valence-corrected chi connectivity index (χ0v) is 25.5. The lowest BCUT2D eigenvalue weighted by molar-refractivity contribution is 0.0737. The second-order valence-electron chi connectivity index (χ2n) is 11.0. The summed E-state index contributed by atoms with van der Waals surface area (Å²) in [4.78, 5) is 31.5. The van der Waals surface area contributed by atoms with E-state index < -0.39 is 12.1 Å². The number of hydrogen-bond donors (Lipinski definition) is 3. The van der Waals surface area contributed by atoms with Crippen LogP contribution in [0.4, 0.5) is 0 Å². The molecule has 3 atom stereocenters. The number of ether oxygens (including phenoxy) is 1. The van der Waals surface area contributed by atoms with Gasteiger partial charge in [-0.2, -0.15) is 0 Å². The predicted molar refractivity (Wildman–Crippen MR) is 171 cm³/mol. The number of benzene rings is 3. The van der Waals surface area contributed by atoms with Crippen molar-refractivity contribution in [3.63, 3.8) is 0 Å². The molecule has 1 aromatic heterocycles. The first-order chi connectivity index (χ1) is 20.9. The molecule has 0 radical (unpaired) electrons. The number of hydrogen-bond acceptors (Lipinski definition) is 6. The van der Waals surface area contributed by atoms with Gasteiger partial charge in [0.1, 0.15) is 5.75 Å². The summed E-state index contributed by atoms with van der Waals surface area (Å²) >= 11 is 1.73. The topological polar surface area (TPSA) is 90.9 Å². The largest absolute Gasteiger partial charge is 0.497 e. The zero-order chi connectivity index (χ0) is 30.2. The van der Waals surface area contributed by atoms with Gasteiger partial charge in [-0.25, -0.2) is 0 Å². The van der Waals surface area contributed by atoms with Gasteiger partial charge in [0, 0.05) is 40.5 Å². The molecule has 2 amide bonds. The van der Waals surface area contributed by atoms with E-state index in [0.29, 0.717) is 30.6 Å². The zero-order valence-electron chi connectivity index (χ0n) is 24.7. The van der Waals surface area contributed by atoms with Gasteiger partial charge in [0.25, 0.3) is 11.8 Å². The van der Waals surface area contributed by atoms with Gasteiger partial charge in [0.15, 0.2) is 0 Å². The van der Waals surface area contributed by atoms with E-state index in [0.717, 1.165) is 29.7 Å². The number of aliphatic hydroxyl groups excluding tert-OH is 1. The Balaban J connectivity index is 1.27. The standard InChI is InChI=1S/C35H39N3O4S/c1-24-16-17-33(43-24)31-15-8-18-38(31)35(41)28-13-7-12-27(21-28)34(40)37-30(20-25-9-4-3-5-10-25)32(39)23-36-22-26-11-6-14-29(19-26)42-2/h3-7,9-14,16-17,19,21,30-32,36,39H,8,15,18,20,22-23H2,1-2H3,(H,37,40). The Morgan fingerprint density at radius 2 is 1.74 bits per heavy atom. The highest BCUT2D eigenvalue weighted by Crippen LogP contribution is 2.36. The Kier molecular flexibility index (Phi) is 10.3. The van der Waals surface area contributed by atoms with Crippen molar-refractivity contribution < 1.29 is 19.4 Å². The van der Waals surface area contributed by atoms with Crippen LogP contribution in [-0.4, -0.2) is 54.2 Å². The molecule has 4 aromatic rings. The fraction of sp³-hybridized carbons (Fsp3) is 0.314. The van der Waals surface area contributed by atoms with Crippen molar-refractivity contribution in [2.75, 3.05) is 20.2 Å². The highest BCUT2D eigenvalue weighted by atomic mass is 32.1. The molecule has 3 N–H and O–H groups in total. The molecule has 2 heterocycles. The third kappa shape index (κ3) is 7.90. The fourth-order valence-corrected chi connectivity index (χ4v) is 6.61. The van der Waals surface area contributed by atoms with Crippen LogP contribution in [0.3, 0.4) is 0 Å². The first-order valence-electron chi connectivity index (χ1n) is 14.7. The molecule has 3 aromatic carbocycles. The van der Waals surface area contributed by atoms with Gasteiger partial charge >= 0.3 is 0 Å². The van der Waals surface area contributed by atoms with Crippen molar-refractivity contribution in [1.29, 1.82) is 0 Å². The van der Waals surface area contributed by atoms with Gasteiger partial charge in [-0.05, 0) is 79.8 Å². The van der Waals surface area contributed by atoms with E-state index in [2.05, 4.69) is 29.7 Å². The summed E-state index contributed by atoms with van der Waals surface area (Å²) in [6, 6.07) is 28.2. The van der Waals surface area contributed by atoms with Crippen LogP contribution >= 0.6 is 11.3 Å². The molecule has 43 heavy (non-hydrogen) atoms. The summed E-state index contributed by atoms with van der Waals surface area (Å²) in [6.45, 7) is 3.61. The maximum absolute atomic E-state index is 13.6. The summed E-state index contributed by atoms with van der Waals surface area (Å²) in [6.07, 6.45) is 1.51. The van der Waals surface area contributed by atoms with Crippen LogP contribution in [0, 0.1) is 6.92 Å². The molecule has 7 nitrogen and oxygen atoms in total. The van der Waals surface area contributed by atoms with E-state index in [9.17, 15) is 14.7 Å².